The number of carbonyl (C=O) groups is 2. The van der Waals surface area contributed by atoms with Crippen LogP contribution in [0.15, 0.2) is 39.6 Å². The van der Waals surface area contributed by atoms with Gasteiger partial charge in [0.15, 0.2) is 5.78 Å². The Hall–Kier alpha value is -3.26. The Morgan fingerprint density at radius 3 is 2.85 bits per heavy atom. The highest BCUT2D eigenvalue weighted by atomic mass is 16.5. The fourth-order valence-electron chi connectivity index (χ4n) is 2.10. The largest absolute Gasteiger partial charge is 0.507 e. The average molecular weight is 358 g/mol. The molecule has 0 unspecified atom stereocenters. The highest BCUT2D eigenvalue weighted by Gasteiger charge is 2.16. The van der Waals surface area contributed by atoms with Crippen molar-refractivity contribution in [3.63, 3.8) is 0 Å². The fraction of sp³-hybridized carbons (Fsp3) is 0.222. The van der Waals surface area contributed by atoms with Crippen LogP contribution in [-0.4, -0.2) is 42.0 Å². The van der Waals surface area contributed by atoms with Gasteiger partial charge in [-0.15, -0.1) is 0 Å². The van der Waals surface area contributed by atoms with Gasteiger partial charge in [-0.2, -0.15) is 0 Å². The molecule has 0 fully saturated rings. The number of hydrogen-bond acceptors (Lipinski definition) is 7. The third-order valence-corrected chi connectivity index (χ3v) is 3.30. The van der Waals surface area contributed by atoms with E-state index >= 15 is 0 Å². The van der Waals surface area contributed by atoms with Crippen molar-refractivity contribution in [1.29, 1.82) is 0 Å². The Morgan fingerprint density at radius 2 is 2.15 bits per heavy atom. The Balaban J connectivity index is 2.16. The normalized spacial score (nSPS) is 10.8. The minimum Gasteiger partial charge on any atom is -0.507 e. The van der Waals surface area contributed by atoms with Crippen molar-refractivity contribution in [3.05, 3.63) is 63.5 Å². The number of allylic oxidation sites excluding steroid dienone is 1. The summed E-state index contributed by atoms with van der Waals surface area (Å²) in [5.41, 5.74) is -0.862. The highest BCUT2D eigenvalue weighted by Crippen LogP contribution is 2.15. The summed E-state index contributed by atoms with van der Waals surface area (Å²) < 4.78 is 9.66. The minimum absolute atomic E-state index is 0.174. The van der Waals surface area contributed by atoms with Crippen LogP contribution in [0.2, 0.25) is 0 Å². The van der Waals surface area contributed by atoms with E-state index < -0.39 is 22.7 Å². The van der Waals surface area contributed by atoms with Crippen LogP contribution >= 0.6 is 0 Å². The van der Waals surface area contributed by atoms with E-state index in [1.165, 1.54) is 32.2 Å². The second-order valence-corrected chi connectivity index (χ2v) is 5.30. The second-order valence-electron chi connectivity index (χ2n) is 5.30. The van der Waals surface area contributed by atoms with Crippen molar-refractivity contribution in [3.8, 4) is 5.75 Å². The van der Waals surface area contributed by atoms with E-state index in [-0.39, 0.29) is 17.4 Å². The predicted molar refractivity (Wildman–Crippen MR) is 93.2 cm³/mol. The van der Waals surface area contributed by atoms with Gasteiger partial charge >= 0.3 is 5.63 Å². The number of aromatic nitrogens is 1. The molecule has 0 aliphatic carbocycles. The van der Waals surface area contributed by atoms with Crippen LogP contribution in [0.3, 0.4) is 0 Å². The molecule has 26 heavy (non-hydrogen) atoms. The van der Waals surface area contributed by atoms with Crippen molar-refractivity contribution in [2.75, 3.05) is 20.3 Å². The van der Waals surface area contributed by atoms with Crippen LogP contribution in [0.5, 0.6) is 5.75 Å². The lowest BCUT2D eigenvalue weighted by Gasteiger charge is -2.04. The third kappa shape index (κ3) is 4.87. The predicted octanol–water partition coefficient (Wildman–Crippen LogP) is 1.32. The maximum atomic E-state index is 12.1. The molecule has 0 saturated heterocycles. The molecule has 0 spiro atoms. The molecule has 0 aliphatic rings. The molecule has 8 heteroatoms. The monoisotopic (exact) mass is 358 g/mol. The molecule has 0 bridgehead atoms. The molecule has 8 nitrogen and oxygen atoms in total. The van der Waals surface area contributed by atoms with Crippen LogP contribution in [-0.2, 0) is 4.74 Å². The summed E-state index contributed by atoms with van der Waals surface area (Å²) in [4.78, 5) is 39.9. The Bertz CT molecular complexity index is 901. The van der Waals surface area contributed by atoms with Gasteiger partial charge in [0.2, 0.25) is 0 Å². The SMILES string of the molecule is COCCNC(=O)c1cccc(C=CC(=O)c2c(O)cc(C)oc2=O)n1. The fourth-order valence-corrected chi connectivity index (χ4v) is 2.10. The summed E-state index contributed by atoms with van der Waals surface area (Å²) in [6.45, 7) is 2.21. The van der Waals surface area contributed by atoms with Crippen molar-refractivity contribution >= 4 is 17.8 Å². The number of ketones is 1. The number of hydrogen-bond donors (Lipinski definition) is 2. The van der Waals surface area contributed by atoms with Crippen molar-refractivity contribution in [1.82, 2.24) is 10.3 Å². The lowest BCUT2D eigenvalue weighted by atomic mass is 10.1. The molecule has 0 aromatic carbocycles. The summed E-state index contributed by atoms with van der Waals surface area (Å²) in [6.07, 6.45) is 2.42. The van der Waals surface area contributed by atoms with E-state index in [1.807, 2.05) is 0 Å². The highest BCUT2D eigenvalue weighted by molar-refractivity contribution is 6.08. The molecular weight excluding hydrogens is 340 g/mol. The van der Waals surface area contributed by atoms with Gasteiger partial charge in [0, 0.05) is 19.7 Å². The summed E-state index contributed by atoms with van der Waals surface area (Å²) in [5.74, 6) is -1.36. The number of aromatic hydroxyl groups is 1. The number of pyridine rings is 1. The number of nitrogens with zero attached hydrogens (tertiary/aromatic N) is 1. The molecule has 2 N–H and O–H groups in total. The molecule has 0 saturated carbocycles. The number of methoxy groups -OCH3 is 1. The zero-order valence-electron chi connectivity index (χ0n) is 14.3. The van der Waals surface area contributed by atoms with E-state index in [1.54, 1.807) is 12.1 Å². The Kier molecular flexibility index (Phi) is 6.40. The van der Waals surface area contributed by atoms with Gasteiger partial charge in [-0.3, -0.25) is 9.59 Å². The summed E-state index contributed by atoms with van der Waals surface area (Å²) in [7, 11) is 1.53. The second kappa shape index (κ2) is 8.72. The van der Waals surface area contributed by atoms with Crippen LogP contribution in [0.1, 0.15) is 32.3 Å². The summed E-state index contributed by atoms with van der Waals surface area (Å²) in [5, 5.41) is 12.4. The molecule has 0 atom stereocenters. The maximum absolute atomic E-state index is 12.1. The molecule has 2 aromatic rings. The van der Waals surface area contributed by atoms with Gasteiger partial charge in [0.05, 0.1) is 12.3 Å². The number of nitrogens with one attached hydrogen (secondary N) is 1. The van der Waals surface area contributed by atoms with Crippen molar-refractivity contribution in [2.45, 2.75) is 6.92 Å². The number of aryl methyl sites for hydroxylation is 1. The molecule has 2 aromatic heterocycles. The van der Waals surface area contributed by atoms with Crippen molar-refractivity contribution < 1.29 is 23.8 Å². The van der Waals surface area contributed by atoms with E-state index in [2.05, 4.69) is 10.3 Å². The third-order valence-electron chi connectivity index (χ3n) is 3.30. The number of rotatable bonds is 7. The van der Waals surface area contributed by atoms with E-state index in [4.69, 9.17) is 9.15 Å². The number of carbonyl (C=O) groups excluding carboxylic acids is 2. The van der Waals surface area contributed by atoms with Crippen molar-refractivity contribution in [2.24, 2.45) is 0 Å². The van der Waals surface area contributed by atoms with Gasteiger partial charge < -0.3 is 19.6 Å². The van der Waals surface area contributed by atoms with E-state index in [0.29, 0.717) is 18.8 Å². The van der Waals surface area contributed by atoms with Crippen LogP contribution in [0, 0.1) is 6.92 Å². The Morgan fingerprint density at radius 1 is 1.38 bits per heavy atom. The number of ether oxygens (including phenoxy) is 1. The zero-order chi connectivity index (χ0) is 19.1. The average Bonchev–Trinajstić information content (AvgIpc) is 2.59. The minimum atomic E-state index is -0.920. The number of amides is 1. The molecule has 1 amide bonds. The van der Waals surface area contributed by atoms with E-state index in [9.17, 15) is 19.5 Å². The first-order chi connectivity index (χ1) is 12.4. The van der Waals surface area contributed by atoms with Crippen LogP contribution < -0.4 is 10.9 Å². The molecule has 0 radical (unpaired) electrons. The topological polar surface area (TPSA) is 119 Å². The first-order valence-electron chi connectivity index (χ1n) is 7.72. The van der Waals surface area contributed by atoms with Gasteiger partial charge in [0.25, 0.3) is 5.91 Å². The van der Waals surface area contributed by atoms with Gasteiger partial charge in [0.1, 0.15) is 22.8 Å². The molecule has 2 rings (SSSR count). The first kappa shape index (κ1) is 19.1. The quantitative estimate of drug-likeness (QED) is 0.435. The lowest BCUT2D eigenvalue weighted by molar-refractivity contribution is 0.0931. The summed E-state index contributed by atoms with van der Waals surface area (Å²) >= 11 is 0. The maximum Gasteiger partial charge on any atom is 0.351 e. The van der Waals surface area contributed by atoms with Crippen LogP contribution in [0.4, 0.5) is 0 Å². The molecule has 0 aliphatic heterocycles. The molecule has 2 heterocycles. The van der Waals surface area contributed by atoms with Gasteiger partial charge in [-0.25, -0.2) is 9.78 Å². The smallest absolute Gasteiger partial charge is 0.351 e. The first-order valence-corrected chi connectivity index (χ1v) is 7.72. The van der Waals surface area contributed by atoms with Gasteiger partial charge in [-0.1, -0.05) is 6.07 Å². The zero-order valence-corrected chi connectivity index (χ0v) is 14.3. The van der Waals surface area contributed by atoms with E-state index in [0.717, 1.165) is 6.08 Å². The Labute approximate surface area is 149 Å². The molecular formula is C18H18N2O6. The standard InChI is InChI=1S/C18H18N2O6/c1-11-10-15(22)16(18(24)26-11)14(21)7-6-12-4-3-5-13(20-12)17(23)19-8-9-25-2/h3-7,10,22H,8-9H2,1-2H3,(H,19,23). The van der Waals surface area contributed by atoms with Crippen LogP contribution in [0.25, 0.3) is 6.08 Å². The van der Waals surface area contributed by atoms with Gasteiger partial charge in [-0.05, 0) is 31.2 Å². The molecule has 136 valence electrons. The summed E-state index contributed by atoms with van der Waals surface area (Å²) in [6, 6.07) is 5.92. The lowest BCUT2D eigenvalue weighted by Crippen LogP contribution is -2.27.